The highest BCUT2D eigenvalue weighted by atomic mass is 16.4. The number of hydrogen-bond acceptors (Lipinski definition) is 2. The first-order valence-electron chi connectivity index (χ1n) is 8.31. The fourth-order valence-corrected chi connectivity index (χ4v) is 1.75. The molecule has 0 heterocycles. The molecule has 0 spiro atoms. The van der Waals surface area contributed by atoms with Crippen molar-refractivity contribution in [1.82, 2.24) is 0 Å². The molecule has 0 fully saturated rings. The van der Waals surface area contributed by atoms with Crippen LogP contribution in [0.4, 0.5) is 0 Å². The molecule has 22 heavy (non-hydrogen) atoms. The molecule has 0 aromatic carbocycles. The monoisotopic (exact) mass is 312 g/mol. The third-order valence-corrected chi connectivity index (χ3v) is 3.09. The molecule has 0 aromatic rings. The molecule has 0 aromatic heterocycles. The number of allylic oxidation sites excluding steroid dienone is 2. The van der Waals surface area contributed by atoms with Crippen molar-refractivity contribution in [1.29, 1.82) is 0 Å². The SMILES string of the molecule is CCCCC/C=C(\CC)C(=O)O.CCCCC/C=C/C(=O)O. The second-order valence-corrected chi connectivity index (χ2v) is 5.12. The molecule has 0 atom stereocenters. The number of aliphatic carboxylic acids is 2. The van der Waals surface area contributed by atoms with Crippen molar-refractivity contribution in [3.8, 4) is 0 Å². The molecule has 4 nitrogen and oxygen atoms in total. The van der Waals surface area contributed by atoms with Crippen LogP contribution in [0, 0.1) is 0 Å². The summed E-state index contributed by atoms with van der Waals surface area (Å²) in [5, 5.41) is 16.8. The molecule has 0 saturated heterocycles. The second kappa shape index (κ2) is 17.5. The lowest BCUT2D eigenvalue weighted by Gasteiger charge is -1.97. The summed E-state index contributed by atoms with van der Waals surface area (Å²) in [6.07, 6.45) is 14.1. The standard InChI is InChI=1S/C10H18O2.C8H14O2/c1-3-5-6-7-8-9(4-2)10(11)12;1-2-3-4-5-6-7-8(9)10/h8H,3-7H2,1-2H3,(H,11,12);6-7H,2-5H2,1H3,(H,9,10)/b9-8+;7-6+. The summed E-state index contributed by atoms with van der Waals surface area (Å²) in [4.78, 5) is 20.5. The van der Waals surface area contributed by atoms with Crippen LogP contribution in [-0.4, -0.2) is 22.2 Å². The van der Waals surface area contributed by atoms with Crippen LogP contribution >= 0.6 is 0 Å². The van der Waals surface area contributed by atoms with Gasteiger partial charge in [-0.25, -0.2) is 9.59 Å². The van der Waals surface area contributed by atoms with E-state index in [2.05, 4.69) is 13.8 Å². The number of carboxylic acids is 2. The van der Waals surface area contributed by atoms with E-state index in [-0.39, 0.29) is 0 Å². The largest absolute Gasteiger partial charge is 0.478 e. The van der Waals surface area contributed by atoms with Gasteiger partial charge in [-0.15, -0.1) is 0 Å². The van der Waals surface area contributed by atoms with Crippen molar-refractivity contribution < 1.29 is 19.8 Å². The molecule has 0 aliphatic carbocycles. The first kappa shape index (κ1) is 22.7. The van der Waals surface area contributed by atoms with Crippen molar-refractivity contribution in [3.05, 3.63) is 23.8 Å². The minimum atomic E-state index is -0.850. The van der Waals surface area contributed by atoms with Gasteiger partial charge < -0.3 is 10.2 Å². The highest BCUT2D eigenvalue weighted by Crippen LogP contribution is 2.06. The summed E-state index contributed by atoms with van der Waals surface area (Å²) in [5.41, 5.74) is 0.547. The van der Waals surface area contributed by atoms with Crippen LogP contribution in [0.5, 0.6) is 0 Å². The molecule has 4 heteroatoms. The maximum Gasteiger partial charge on any atom is 0.331 e. The van der Waals surface area contributed by atoms with E-state index < -0.39 is 11.9 Å². The molecule has 0 aliphatic heterocycles. The van der Waals surface area contributed by atoms with Crippen molar-refractivity contribution in [3.63, 3.8) is 0 Å². The molecule has 0 aliphatic rings. The Labute approximate surface area is 134 Å². The molecule has 0 bridgehead atoms. The van der Waals surface area contributed by atoms with Gasteiger partial charge >= 0.3 is 11.9 Å². The van der Waals surface area contributed by atoms with Crippen LogP contribution < -0.4 is 0 Å². The number of unbranched alkanes of at least 4 members (excludes halogenated alkanes) is 6. The summed E-state index contributed by atoms with van der Waals surface area (Å²) < 4.78 is 0. The van der Waals surface area contributed by atoms with E-state index >= 15 is 0 Å². The van der Waals surface area contributed by atoms with Crippen LogP contribution in [0.25, 0.3) is 0 Å². The van der Waals surface area contributed by atoms with Crippen LogP contribution in [0.15, 0.2) is 23.8 Å². The zero-order valence-corrected chi connectivity index (χ0v) is 14.3. The minimum absolute atomic E-state index is 0.547. The Morgan fingerprint density at radius 3 is 1.82 bits per heavy atom. The normalized spacial score (nSPS) is 11.1. The first-order chi connectivity index (χ1) is 10.5. The lowest BCUT2D eigenvalue weighted by Crippen LogP contribution is -1.98. The van der Waals surface area contributed by atoms with Gasteiger partial charge in [0.1, 0.15) is 0 Å². The highest BCUT2D eigenvalue weighted by Gasteiger charge is 2.01. The lowest BCUT2D eigenvalue weighted by molar-refractivity contribution is -0.133. The molecule has 0 radical (unpaired) electrons. The predicted molar refractivity (Wildman–Crippen MR) is 91.1 cm³/mol. The number of carbonyl (C=O) groups is 2. The number of hydrogen-bond donors (Lipinski definition) is 2. The summed E-state index contributed by atoms with van der Waals surface area (Å²) in [6.45, 7) is 6.14. The van der Waals surface area contributed by atoms with Crippen LogP contribution in [0.3, 0.4) is 0 Å². The third-order valence-electron chi connectivity index (χ3n) is 3.09. The fourth-order valence-electron chi connectivity index (χ4n) is 1.75. The molecule has 0 rings (SSSR count). The van der Waals surface area contributed by atoms with E-state index in [1.807, 2.05) is 13.0 Å². The van der Waals surface area contributed by atoms with Crippen LogP contribution in [0.1, 0.15) is 78.6 Å². The van der Waals surface area contributed by atoms with Gasteiger partial charge in [-0.1, -0.05) is 58.6 Å². The Kier molecular flexibility index (Phi) is 18.0. The molecular weight excluding hydrogens is 280 g/mol. The van der Waals surface area contributed by atoms with Crippen molar-refractivity contribution in [2.45, 2.75) is 78.6 Å². The van der Waals surface area contributed by atoms with E-state index in [4.69, 9.17) is 10.2 Å². The maximum atomic E-state index is 10.5. The topological polar surface area (TPSA) is 74.6 Å². The zero-order chi connectivity index (χ0) is 17.2. The molecule has 0 saturated carbocycles. The average molecular weight is 312 g/mol. The van der Waals surface area contributed by atoms with Crippen molar-refractivity contribution in [2.24, 2.45) is 0 Å². The predicted octanol–water partition coefficient (Wildman–Crippen LogP) is 5.20. The highest BCUT2D eigenvalue weighted by molar-refractivity contribution is 5.86. The summed E-state index contributed by atoms with van der Waals surface area (Å²) in [7, 11) is 0. The Morgan fingerprint density at radius 2 is 1.41 bits per heavy atom. The Bertz CT molecular complexity index is 343. The van der Waals surface area contributed by atoms with Gasteiger partial charge in [0.05, 0.1) is 0 Å². The summed E-state index contributed by atoms with van der Waals surface area (Å²) in [6, 6.07) is 0. The van der Waals surface area contributed by atoms with Crippen molar-refractivity contribution >= 4 is 11.9 Å². The van der Waals surface area contributed by atoms with E-state index in [1.165, 1.54) is 31.8 Å². The van der Waals surface area contributed by atoms with Gasteiger partial charge in [-0.05, 0) is 32.1 Å². The zero-order valence-electron chi connectivity index (χ0n) is 14.3. The minimum Gasteiger partial charge on any atom is -0.478 e. The first-order valence-corrected chi connectivity index (χ1v) is 8.31. The second-order valence-electron chi connectivity index (χ2n) is 5.12. The molecule has 2 N–H and O–H groups in total. The Morgan fingerprint density at radius 1 is 0.864 bits per heavy atom. The van der Waals surface area contributed by atoms with Crippen LogP contribution in [0.2, 0.25) is 0 Å². The van der Waals surface area contributed by atoms with Gasteiger partial charge in [-0.2, -0.15) is 0 Å². The molecule has 0 unspecified atom stereocenters. The number of carboxylic acid groups (broad SMARTS) is 2. The average Bonchev–Trinajstić information content (AvgIpc) is 2.47. The Balaban J connectivity index is 0. The maximum absolute atomic E-state index is 10.5. The van der Waals surface area contributed by atoms with Gasteiger partial charge in [0.15, 0.2) is 0 Å². The summed E-state index contributed by atoms with van der Waals surface area (Å²) in [5.74, 6) is -1.62. The number of rotatable bonds is 11. The van der Waals surface area contributed by atoms with E-state index in [9.17, 15) is 9.59 Å². The van der Waals surface area contributed by atoms with E-state index in [1.54, 1.807) is 6.08 Å². The lowest BCUT2D eigenvalue weighted by atomic mass is 10.1. The van der Waals surface area contributed by atoms with E-state index in [0.29, 0.717) is 12.0 Å². The van der Waals surface area contributed by atoms with Crippen molar-refractivity contribution in [2.75, 3.05) is 0 Å². The van der Waals surface area contributed by atoms with Gasteiger partial charge in [0, 0.05) is 11.6 Å². The van der Waals surface area contributed by atoms with Gasteiger partial charge in [0.25, 0.3) is 0 Å². The fraction of sp³-hybridized carbons (Fsp3) is 0.667. The smallest absolute Gasteiger partial charge is 0.331 e. The van der Waals surface area contributed by atoms with Gasteiger partial charge in [0.2, 0.25) is 0 Å². The van der Waals surface area contributed by atoms with Crippen LogP contribution in [-0.2, 0) is 9.59 Å². The third kappa shape index (κ3) is 18.4. The molecule has 0 amide bonds. The summed E-state index contributed by atoms with van der Waals surface area (Å²) >= 11 is 0. The molecule has 128 valence electrons. The quantitative estimate of drug-likeness (QED) is 0.406. The van der Waals surface area contributed by atoms with Gasteiger partial charge in [-0.3, -0.25) is 0 Å². The van der Waals surface area contributed by atoms with E-state index in [0.717, 1.165) is 25.7 Å². The molecular formula is C18H32O4. The Hall–Kier alpha value is -1.58.